The lowest BCUT2D eigenvalue weighted by atomic mass is 10.1. The van der Waals surface area contributed by atoms with E-state index >= 15 is 0 Å². The molecule has 6 nitrogen and oxygen atoms in total. The van der Waals surface area contributed by atoms with Crippen LogP contribution >= 0.6 is 0 Å². The Morgan fingerprint density at radius 1 is 1.36 bits per heavy atom. The van der Waals surface area contributed by atoms with Gasteiger partial charge in [0.1, 0.15) is 6.54 Å². The van der Waals surface area contributed by atoms with Crippen LogP contribution in [0.5, 0.6) is 0 Å². The van der Waals surface area contributed by atoms with Crippen LogP contribution in [0.3, 0.4) is 0 Å². The molecule has 6 heteroatoms. The maximum Gasteiger partial charge on any atom is 0.256 e. The third-order valence-electron chi connectivity index (χ3n) is 4.88. The Morgan fingerprint density at radius 2 is 2.20 bits per heavy atom. The zero-order chi connectivity index (χ0) is 17.4. The second kappa shape index (κ2) is 6.10. The van der Waals surface area contributed by atoms with Crippen molar-refractivity contribution in [3.8, 4) is 6.07 Å². The minimum atomic E-state index is 0.0271. The van der Waals surface area contributed by atoms with Crippen LogP contribution in [0.15, 0.2) is 42.9 Å². The largest absolute Gasteiger partial charge is 0.333 e. The molecule has 126 valence electrons. The summed E-state index contributed by atoms with van der Waals surface area (Å²) in [4.78, 5) is 15.2. The number of hydrogen-bond donors (Lipinski definition) is 0. The van der Waals surface area contributed by atoms with E-state index in [9.17, 15) is 4.79 Å². The second-order valence-corrected chi connectivity index (χ2v) is 6.45. The predicted molar refractivity (Wildman–Crippen MR) is 93.8 cm³/mol. The quantitative estimate of drug-likeness (QED) is 0.740. The SMILES string of the molecule is Cn1cc([C@@H]2CCCN2C(=O)c2cn(CC#N)c3ccccc23)cn1. The molecule has 3 heterocycles. The van der Waals surface area contributed by atoms with Crippen LogP contribution in [-0.4, -0.2) is 31.7 Å². The van der Waals surface area contributed by atoms with Gasteiger partial charge in [-0.25, -0.2) is 0 Å². The third-order valence-corrected chi connectivity index (χ3v) is 4.88. The normalized spacial score (nSPS) is 17.1. The molecule has 0 N–H and O–H groups in total. The zero-order valence-electron chi connectivity index (χ0n) is 14.1. The van der Waals surface area contributed by atoms with Crippen LogP contribution in [0.4, 0.5) is 0 Å². The zero-order valence-corrected chi connectivity index (χ0v) is 14.1. The highest BCUT2D eigenvalue weighted by Crippen LogP contribution is 2.34. The summed E-state index contributed by atoms with van der Waals surface area (Å²) >= 11 is 0. The fourth-order valence-corrected chi connectivity index (χ4v) is 3.75. The van der Waals surface area contributed by atoms with Gasteiger partial charge in [-0.15, -0.1) is 0 Å². The molecule has 1 aliphatic heterocycles. The number of likely N-dealkylation sites (tertiary alicyclic amines) is 1. The molecule has 1 aromatic carbocycles. The average Bonchev–Trinajstić information content (AvgIpc) is 3.33. The van der Waals surface area contributed by atoms with Crippen LogP contribution in [0.25, 0.3) is 10.9 Å². The summed E-state index contributed by atoms with van der Waals surface area (Å²) in [6, 6.07) is 9.99. The van der Waals surface area contributed by atoms with Crippen molar-refractivity contribution < 1.29 is 4.79 Å². The molecule has 0 radical (unpaired) electrons. The second-order valence-electron chi connectivity index (χ2n) is 6.45. The summed E-state index contributed by atoms with van der Waals surface area (Å²) < 4.78 is 3.62. The number of nitriles is 1. The first-order valence-corrected chi connectivity index (χ1v) is 8.43. The fourth-order valence-electron chi connectivity index (χ4n) is 3.75. The van der Waals surface area contributed by atoms with Gasteiger partial charge in [0.2, 0.25) is 0 Å². The molecule has 1 fully saturated rings. The molecular weight excluding hydrogens is 314 g/mol. The molecule has 2 aromatic heterocycles. The van der Waals surface area contributed by atoms with E-state index in [-0.39, 0.29) is 18.5 Å². The maximum absolute atomic E-state index is 13.3. The van der Waals surface area contributed by atoms with Crippen molar-refractivity contribution in [2.24, 2.45) is 7.05 Å². The number of para-hydroxylation sites is 1. The third kappa shape index (κ3) is 2.58. The summed E-state index contributed by atoms with van der Waals surface area (Å²) in [7, 11) is 1.89. The van der Waals surface area contributed by atoms with Crippen molar-refractivity contribution in [1.29, 1.82) is 5.26 Å². The number of hydrogen-bond acceptors (Lipinski definition) is 3. The van der Waals surface area contributed by atoms with Crippen molar-refractivity contribution in [2.75, 3.05) is 6.54 Å². The maximum atomic E-state index is 13.3. The highest BCUT2D eigenvalue weighted by molar-refractivity contribution is 6.07. The van der Waals surface area contributed by atoms with E-state index in [0.717, 1.165) is 35.9 Å². The minimum absolute atomic E-state index is 0.0271. The highest BCUT2D eigenvalue weighted by atomic mass is 16.2. The van der Waals surface area contributed by atoms with E-state index in [1.165, 1.54) is 0 Å². The monoisotopic (exact) mass is 333 g/mol. The van der Waals surface area contributed by atoms with Gasteiger partial charge in [0.15, 0.2) is 0 Å². The predicted octanol–water partition coefficient (Wildman–Crippen LogP) is 2.88. The van der Waals surface area contributed by atoms with Crippen LogP contribution < -0.4 is 0 Å². The Balaban J connectivity index is 1.73. The summed E-state index contributed by atoms with van der Waals surface area (Å²) in [6.45, 7) is 0.982. The van der Waals surface area contributed by atoms with E-state index in [2.05, 4.69) is 11.2 Å². The Labute approximate surface area is 145 Å². The number of benzene rings is 1. The molecular formula is C19H19N5O. The summed E-state index contributed by atoms with van der Waals surface area (Å²) in [6.07, 6.45) is 7.58. The van der Waals surface area contributed by atoms with Crippen molar-refractivity contribution in [1.82, 2.24) is 19.2 Å². The Hall–Kier alpha value is -3.07. The summed E-state index contributed by atoms with van der Waals surface area (Å²) in [5.74, 6) is 0.0271. The number of fused-ring (bicyclic) bond motifs is 1. The molecule has 25 heavy (non-hydrogen) atoms. The Morgan fingerprint density at radius 3 is 2.96 bits per heavy atom. The standard InChI is InChI=1S/C19H19N5O/c1-22-12-14(11-21-22)17-7-4-9-24(17)19(25)16-13-23(10-8-20)18-6-3-2-5-15(16)18/h2-3,5-6,11-13,17H,4,7,9-10H2,1H3/t17-/m0/s1. The number of aromatic nitrogens is 3. The van der Waals surface area contributed by atoms with E-state index in [1.54, 1.807) is 4.68 Å². The van der Waals surface area contributed by atoms with Gasteiger partial charge in [-0.2, -0.15) is 10.4 Å². The number of carbonyl (C=O) groups excluding carboxylic acids is 1. The molecule has 0 bridgehead atoms. The molecule has 0 saturated carbocycles. The van der Waals surface area contributed by atoms with Crippen molar-refractivity contribution >= 4 is 16.8 Å². The molecule has 1 aliphatic rings. The summed E-state index contributed by atoms with van der Waals surface area (Å²) in [5, 5.41) is 14.2. The number of amides is 1. The van der Waals surface area contributed by atoms with Gasteiger partial charge in [-0.1, -0.05) is 18.2 Å². The lowest BCUT2D eigenvalue weighted by molar-refractivity contribution is 0.0737. The molecule has 0 aliphatic carbocycles. The molecule has 3 aromatic rings. The van der Waals surface area contributed by atoms with Gasteiger partial charge in [0, 0.05) is 42.5 Å². The molecule has 4 rings (SSSR count). The first-order chi connectivity index (χ1) is 12.2. The topological polar surface area (TPSA) is 66.8 Å². The van der Waals surface area contributed by atoms with Gasteiger partial charge in [0.05, 0.1) is 23.9 Å². The van der Waals surface area contributed by atoms with Crippen LogP contribution in [-0.2, 0) is 13.6 Å². The first kappa shape index (κ1) is 15.5. The van der Waals surface area contributed by atoms with Crippen molar-refractivity contribution in [3.63, 3.8) is 0 Å². The first-order valence-electron chi connectivity index (χ1n) is 8.43. The fraction of sp³-hybridized carbons (Fsp3) is 0.316. The van der Waals surface area contributed by atoms with E-state index in [1.807, 2.05) is 59.4 Å². The van der Waals surface area contributed by atoms with Crippen LogP contribution in [0.1, 0.15) is 34.8 Å². The number of aryl methyl sites for hydroxylation is 1. The molecule has 1 atom stereocenters. The van der Waals surface area contributed by atoms with Crippen LogP contribution in [0, 0.1) is 11.3 Å². The lowest BCUT2D eigenvalue weighted by Gasteiger charge is -2.23. The minimum Gasteiger partial charge on any atom is -0.333 e. The molecule has 1 amide bonds. The Kier molecular flexibility index (Phi) is 3.77. The van der Waals surface area contributed by atoms with E-state index in [0.29, 0.717) is 5.56 Å². The molecule has 0 unspecified atom stereocenters. The Bertz CT molecular complexity index is 977. The van der Waals surface area contributed by atoms with Gasteiger partial charge in [-0.3, -0.25) is 9.48 Å². The summed E-state index contributed by atoms with van der Waals surface area (Å²) in [5.41, 5.74) is 2.67. The van der Waals surface area contributed by atoms with Crippen molar-refractivity contribution in [3.05, 3.63) is 54.0 Å². The molecule has 0 spiro atoms. The van der Waals surface area contributed by atoms with E-state index < -0.39 is 0 Å². The smallest absolute Gasteiger partial charge is 0.256 e. The van der Waals surface area contributed by atoms with Gasteiger partial charge >= 0.3 is 0 Å². The number of nitrogens with zero attached hydrogens (tertiary/aromatic N) is 5. The van der Waals surface area contributed by atoms with Gasteiger partial charge < -0.3 is 9.47 Å². The number of rotatable bonds is 3. The van der Waals surface area contributed by atoms with E-state index in [4.69, 9.17) is 5.26 Å². The van der Waals surface area contributed by atoms with Gasteiger partial charge in [0.25, 0.3) is 5.91 Å². The van der Waals surface area contributed by atoms with Gasteiger partial charge in [-0.05, 0) is 18.9 Å². The van der Waals surface area contributed by atoms with Crippen molar-refractivity contribution in [2.45, 2.75) is 25.4 Å². The highest BCUT2D eigenvalue weighted by Gasteiger charge is 2.32. The lowest BCUT2D eigenvalue weighted by Crippen LogP contribution is -2.30. The van der Waals surface area contributed by atoms with Crippen LogP contribution in [0.2, 0.25) is 0 Å². The molecule has 1 saturated heterocycles. The average molecular weight is 333 g/mol. The number of carbonyl (C=O) groups is 1.